The van der Waals surface area contributed by atoms with Crippen molar-refractivity contribution in [1.82, 2.24) is 0 Å². The molecule has 0 saturated carbocycles. The highest BCUT2D eigenvalue weighted by Crippen LogP contribution is 1.99. The average Bonchev–Trinajstić information content (AvgIpc) is 2.32. The summed E-state index contributed by atoms with van der Waals surface area (Å²) in [6.45, 7) is 1.65. The van der Waals surface area contributed by atoms with Crippen LogP contribution in [0.3, 0.4) is 0 Å². The summed E-state index contributed by atoms with van der Waals surface area (Å²) in [4.78, 5) is 57.3. The molecule has 0 aliphatic carbocycles. The van der Waals surface area contributed by atoms with Crippen LogP contribution in [0.5, 0.6) is 0 Å². The van der Waals surface area contributed by atoms with Gasteiger partial charge in [0.2, 0.25) is 0 Å². The SMILES string of the molecule is NCCCCCCN.O=[PH](O)O.O=[PH](O)O.O=[PH](O)O.O=[PH](O)O. The Balaban J connectivity index is -0.0000000657. The fourth-order valence-corrected chi connectivity index (χ4v) is 0.642. The van der Waals surface area contributed by atoms with Gasteiger partial charge in [-0.15, -0.1) is 0 Å². The molecular weight excluding hydrogens is 416 g/mol. The van der Waals surface area contributed by atoms with Crippen molar-refractivity contribution >= 4 is 33.0 Å². The Hall–Kier alpha value is 0.520. The van der Waals surface area contributed by atoms with Crippen molar-refractivity contribution < 1.29 is 57.4 Å². The number of hydrogen-bond donors (Lipinski definition) is 10. The minimum Gasteiger partial charge on any atom is -0.330 e. The molecule has 0 fully saturated rings. The van der Waals surface area contributed by atoms with Crippen molar-refractivity contribution in [3.8, 4) is 0 Å². The van der Waals surface area contributed by atoms with Gasteiger partial charge in [-0.2, -0.15) is 0 Å². The van der Waals surface area contributed by atoms with Crippen molar-refractivity contribution in [1.29, 1.82) is 0 Å². The van der Waals surface area contributed by atoms with E-state index >= 15 is 0 Å². The Morgan fingerprint density at radius 1 is 0.458 bits per heavy atom. The van der Waals surface area contributed by atoms with Crippen LogP contribution >= 0.6 is 33.0 Å². The lowest BCUT2D eigenvalue weighted by Gasteiger charge is -1.94. The van der Waals surface area contributed by atoms with E-state index in [1.165, 1.54) is 12.8 Å². The highest BCUT2D eigenvalue weighted by molar-refractivity contribution is 7.31. The summed E-state index contributed by atoms with van der Waals surface area (Å²) in [5.41, 5.74) is 10.6. The lowest BCUT2D eigenvalue weighted by molar-refractivity contribution is 0.403. The topological polar surface area (TPSA) is 282 Å². The molecule has 0 spiro atoms. The van der Waals surface area contributed by atoms with Gasteiger partial charge in [-0.25, -0.2) is 0 Å². The molecular formula is C6H28N2O12P4. The summed E-state index contributed by atoms with van der Waals surface area (Å²) in [5, 5.41) is 0. The predicted molar refractivity (Wildman–Crippen MR) is 90.3 cm³/mol. The van der Waals surface area contributed by atoms with Gasteiger partial charge >= 0.3 is 33.0 Å². The second-order valence-corrected chi connectivity index (χ2v) is 5.38. The summed E-state index contributed by atoms with van der Waals surface area (Å²) in [5.74, 6) is 0. The first-order valence-corrected chi connectivity index (χ1v) is 11.1. The van der Waals surface area contributed by atoms with Gasteiger partial charge < -0.3 is 50.6 Å². The highest BCUT2D eigenvalue weighted by atomic mass is 31.1. The molecule has 0 heterocycles. The molecule has 0 saturated heterocycles. The Bertz CT molecular complexity index is 250. The molecule has 0 aromatic heterocycles. The van der Waals surface area contributed by atoms with Crippen LogP contribution in [0.1, 0.15) is 25.7 Å². The fourth-order valence-electron chi connectivity index (χ4n) is 0.642. The third-order valence-electron chi connectivity index (χ3n) is 1.16. The standard InChI is InChI=1S/C6H16N2.4H3O3P/c7-5-3-1-2-4-6-8;4*1-4(2)3/h1-8H2;4*4H,(H2,1,2,3). The van der Waals surface area contributed by atoms with Crippen molar-refractivity contribution in [3.63, 3.8) is 0 Å². The zero-order valence-electron chi connectivity index (χ0n) is 12.6. The Morgan fingerprint density at radius 3 is 0.667 bits per heavy atom. The minimum absolute atomic E-state index is 0.824. The van der Waals surface area contributed by atoms with Crippen molar-refractivity contribution in [3.05, 3.63) is 0 Å². The molecule has 0 amide bonds. The van der Waals surface area contributed by atoms with Gasteiger partial charge in [-0.1, -0.05) is 12.8 Å². The molecule has 0 aromatic rings. The van der Waals surface area contributed by atoms with E-state index < -0.39 is 33.0 Å². The number of nitrogens with two attached hydrogens (primary N) is 2. The Kier molecular flexibility index (Phi) is 51.6. The molecule has 24 heavy (non-hydrogen) atoms. The highest BCUT2D eigenvalue weighted by Gasteiger charge is 1.83. The van der Waals surface area contributed by atoms with Crippen LogP contribution < -0.4 is 11.5 Å². The smallest absolute Gasteiger partial charge is 0.314 e. The molecule has 12 N–H and O–H groups in total. The van der Waals surface area contributed by atoms with Crippen LogP contribution in [0, 0.1) is 0 Å². The third kappa shape index (κ3) is 342. The van der Waals surface area contributed by atoms with Gasteiger partial charge in [0.1, 0.15) is 0 Å². The molecule has 154 valence electrons. The number of rotatable bonds is 5. The van der Waals surface area contributed by atoms with Gasteiger partial charge in [-0.3, -0.25) is 18.3 Å². The summed E-state index contributed by atoms with van der Waals surface area (Å²) < 4.78 is 35.0. The average molecular weight is 444 g/mol. The van der Waals surface area contributed by atoms with E-state index in [4.69, 9.17) is 68.9 Å². The van der Waals surface area contributed by atoms with Gasteiger partial charge in [-0.05, 0) is 25.9 Å². The minimum atomic E-state index is -3.13. The van der Waals surface area contributed by atoms with Gasteiger partial charge in [0.15, 0.2) is 0 Å². The predicted octanol–water partition coefficient (Wildman–Crippen LogP) is -2.09. The van der Waals surface area contributed by atoms with Crippen molar-refractivity contribution in [2.45, 2.75) is 25.7 Å². The molecule has 0 bridgehead atoms. The Labute approximate surface area is 141 Å². The molecule has 14 nitrogen and oxygen atoms in total. The fraction of sp³-hybridized carbons (Fsp3) is 1.00. The first-order valence-electron chi connectivity index (χ1n) is 5.92. The monoisotopic (exact) mass is 444 g/mol. The summed E-state index contributed by atoms with van der Waals surface area (Å²) in [7, 11) is -12.5. The summed E-state index contributed by atoms with van der Waals surface area (Å²) in [6, 6.07) is 0. The second-order valence-electron chi connectivity index (χ2n) is 3.12. The zero-order valence-corrected chi connectivity index (χ0v) is 16.6. The number of hydrogen-bond acceptors (Lipinski definition) is 6. The normalized spacial score (nSPS) is 9.08. The molecule has 0 aliphatic heterocycles. The van der Waals surface area contributed by atoms with E-state index in [0.29, 0.717) is 0 Å². The van der Waals surface area contributed by atoms with E-state index in [1.54, 1.807) is 0 Å². The van der Waals surface area contributed by atoms with E-state index in [-0.39, 0.29) is 0 Å². The number of unbranched alkanes of at least 4 members (excludes halogenated alkanes) is 3. The molecule has 0 aromatic carbocycles. The molecule has 0 unspecified atom stereocenters. The quantitative estimate of drug-likeness (QED) is 0.161. The largest absolute Gasteiger partial charge is 0.330 e. The zero-order chi connectivity index (χ0) is 20.6. The van der Waals surface area contributed by atoms with Crippen LogP contribution in [0.2, 0.25) is 0 Å². The maximum absolute atomic E-state index is 8.74. The summed E-state index contributed by atoms with van der Waals surface area (Å²) in [6.07, 6.45) is 4.79. The van der Waals surface area contributed by atoms with Crippen LogP contribution in [0.4, 0.5) is 0 Å². The van der Waals surface area contributed by atoms with E-state index in [0.717, 1.165) is 25.9 Å². The van der Waals surface area contributed by atoms with Crippen LogP contribution in [-0.4, -0.2) is 52.2 Å². The summed E-state index contributed by atoms with van der Waals surface area (Å²) >= 11 is 0. The van der Waals surface area contributed by atoms with Crippen molar-refractivity contribution in [2.24, 2.45) is 11.5 Å². The molecule has 0 atom stereocenters. The second kappa shape index (κ2) is 34.8. The van der Waals surface area contributed by atoms with E-state index in [1.807, 2.05) is 0 Å². The molecule has 0 rings (SSSR count). The van der Waals surface area contributed by atoms with Crippen LogP contribution in [0.25, 0.3) is 0 Å². The van der Waals surface area contributed by atoms with Gasteiger partial charge in [0.25, 0.3) is 0 Å². The maximum atomic E-state index is 8.74. The van der Waals surface area contributed by atoms with Gasteiger partial charge in [0, 0.05) is 0 Å². The van der Waals surface area contributed by atoms with E-state index in [2.05, 4.69) is 0 Å². The first-order chi connectivity index (χ1) is 10.8. The lowest BCUT2D eigenvalue weighted by atomic mass is 10.2. The molecule has 0 aliphatic rings. The lowest BCUT2D eigenvalue weighted by Crippen LogP contribution is -2.00. The van der Waals surface area contributed by atoms with Crippen LogP contribution in [-0.2, 0) is 18.3 Å². The van der Waals surface area contributed by atoms with E-state index in [9.17, 15) is 0 Å². The third-order valence-corrected chi connectivity index (χ3v) is 1.16. The maximum Gasteiger partial charge on any atom is 0.314 e. The Morgan fingerprint density at radius 2 is 0.583 bits per heavy atom. The first kappa shape index (κ1) is 35.6. The molecule has 0 radical (unpaired) electrons. The van der Waals surface area contributed by atoms with Crippen LogP contribution in [0.15, 0.2) is 0 Å². The van der Waals surface area contributed by atoms with Gasteiger partial charge in [0.05, 0.1) is 0 Å². The van der Waals surface area contributed by atoms with Crippen molar-refractivity contribution in [2.75, 3.05) is 13.1 Å². The molecule has 18 heteroatoms.